The van der Waals surface area contributed by atoms with Gasteiger partial charge in [0.1, 0.15) is 0 Å². The first-order valence-electron chi connectivity index (χ1n) is 5.80. The van der Waals surface area contributed by atoms with Crippen LogP contribution in [0.3, 0.4) is 0 Å². The van der Waals surface area contributed by atoms with Crippen LogP contribution >= 0.6 is 0 Å². The van der Waals surface area contributed by atoms with E-state index in [1.54, 1.807) is 7.05 Å². The van der Waals surface area contributed by atoms with Gasteiger partial charge in [-0.05, 0) is 30.0 Å². The maximum atomic E-state index is 11.4. The normalized spacial score (nSPS) is 12.8. The number of carboxylic acid groups (broad SMARTS) is 1. The molecule has 1 N–H and O–H groups in total. The van der Waals surface area contributed by atoms with Crippen LogP contribution in [0.4, 0.5) is 0 Å². The maximum Gasteiger partial charge on any atom is 0.419 e. The number of hydrogen-bond donors (Lipinski definition) is 1. The van der Waals surface area contributed by atoms with Gasteiger partial charge in [0.2, 0.25) is 0 Å². The Morgan fingerprint density at radius 3 is 2.89 bits per heavy atom. The van der Waals surface area contributed by atoms with E-state index < -0.39 is 5.97 Å². The number of aromatic nitrogens is 1. The van der Waals surface area contributed by atoms with E-state index in [-0.39, 0.29) is 18.1 Å². The molecule has 0 aliphatic heterocycles. The molecule has 1 heterocycles. The molecular weight excluding hydrogens is 234 g/mol. The zero-order valence-electron chi connectivity index (χ0n) is 10.3. The second-order valence-corrected chi connectivity index (χ2v) is 4.49. The molecule has 96 valence electrons. The van der Waals surface area contributed by atoms with Gasteiger partial charge < -0.3 is 9.52 Å². The van der Waals surface area contributed by atoms with Crippen LogP contribution in [0.25, 0.3) is 11.1 Å². The zero-order valence-corrected chi connectivity index (χ0v) is 10.3. The van der Waals surface area contributed by atoms with Gasteiger partial charge in [0.15, 0.2) is 5.58 Å². The molecule has 2 aromatic rings. The van der Waals surface area contributed by atoms with Crippen LogP contribution in [-0.4, -0.2) is 15.6 Å². The number of rotatable bonds is 4. The highest BCUT2D eigenvalue weighted by atomic mass is 16.4. The lowest BCUT2D eigenvalue weighted by atomic mass is 9.96. The Morgan fingerprint density at radius 1 is 1.50 bits per heavy atom. The summed E-state index contributed by atoms with van der Waals surface area (Å²) in [5.74, 6) is -1.06. The van der Waals surface area contributed by atoms with Gasteiger partial charge in [-0.2, -0.15) is 0 Å². The van der Waals surface area contributed by atoms with Crippen molar-refractivity contribution in [2.24, 2.45) is 7.05 Å². The molecule has 0 amide bonds. The third-order valence-corrected chi connectivity index (χ3v) is 3.18. The topological polar surface area (TPSA) is 72.4 Å². The Labute approximate surface area is 104 Å². The van der Waals surface area contributed by atoms with Gasteiger partial charge in [-0.25, -0.2) is 4.79 Å². The minimum Gasteiger partial charge on any atom is -0.481 e. The predicted molar refractivity (Wildman–Crippen MR) is 66.7 cm³/mol. The molecule has 18 heavy (non-hydrogen) atoms. The van der Waals surface area contributed by atoms with Crippen molar-refractivity contribution in [2.45, 2.75) is 25.7 Å². The van der Waals surface area contributed by atoms with Crippen LogP contribution in [0.15, 0.2) is 27.4 Å². The van der Waals surface area contributed by atoms with Crippen LogP contribution in [0.2, 0.25) is 0 Å². The summed E-state index contributed by atoms with van der Waals surface area (Å²) in [4.78, 5) is 21.9. The number of carboxylic acids is 1. The molecule has 0 fully saturated rings. The largest absolute Gasteiger partial charge is 0.481 e. The molecule has 5 heteroatoms. The highest BCUT2D eigenvalue weighted by molar-refractivity contribution is 5.74. The lowest BCUT2D eigenvalue weighted by Gasteiger charge is -2.09. The summed E-state index contributed by atoms with van der Waals surface area (Å²) in [6, 6.07) is 5.54. The predicted octanol–water partition coefficient (Wildman–Crippen LogP) is 2.10. The quantitative estimate of drug-likeness (QED) is 0.900. The van der Waals surface area contributed by atoms with E-state index in [0.29, 0.717) is 12.0 Å². The van der Waals surface area contributed by atoms with E-state index in [1.165, 1.54) is 4.57 Å². The van der Waals surface area contributed by atoms with Crippen molar-refractivity contribution in [1.29, 1.82) is 0 Å². The van der Waals surface area contributed by atoms with Crippen LogP contribution < -0.4 is 5.76 Å². The first-order chi connectivity index (χ1) is 8.49. The van der Waals surface area contributed by atoms with Crippen molar-refractivity contribution in [2.75, 3.05) is 0 Å². The molecule has 1 atom stereocenters. The summed E-state index contributed by atoms with van der Waals surface area (Å²) in [7, 11) is 1.65. The van der Waals surface area contributed by atoms with Crippen molar-refractivity contribution >= 4 is 17.1 Å². The standard InChI is InChI=1S/C13H15NO4/c1-8(3-6-12(15)16)9-4-5-10-11(7-9)18-13(17)14(10)2/h4-5,7-8H,3,6H2,1-2H3,(H,15,16). The van der Waals surface area contributed by atoms with Crippen LogP contribution in [-0.2, 0) is 11.8 Å². The van der Waals surface area contributed by atoms with Crippen molar-refractivity contribution in [3.05, 3.63) is 34.3 Å². The third kappa shape index (κ3) is 2.30. The Bertz CT molecular complexity index is 638. The monoisotopic (exact) mass is 249 g/mol. The van der Waals surface area contributed by atoms with E-state index >= 15 is 0 Å². The Kier molecular flexibility index (Phi) is 3.23. The first kappa shape index (κ1) is 12.4. The minimum atomic E-state index is -0.797. The fraction of sp³-hybridized carbons (Fsp3) is 0.385. The van der Waals surface area contributed by atoms with Crippen molar-refractivity contribution in [3.63, 3.8) is 0 Å². The van der Waals surface area contributed by atoms with E-state index in [4.69, 9.17) is 9.52 Å². The van der Waals surface area contributed by atoms with E-state index in [9.17, 15) is 9.59 Å². The molecule has 5 nitrogen and oxygen atoms in total. The number of fused-ring (bicyclic) bond motifs is 1. The summed E-state index contributed by atoms with van der Waals surface area (Å²) in [6.45, 7) is 1.96. The molecule has 0 aliphatic rings. The van der Waals surface area contributed by atoms with Crippen molar-refractivity contribution in [1.82, 2.24) is 4.57 Å². The Hall–Kier alpha value is -2.04. The molecule has 0 spiro atoms. The second kappa shape index (κ2) is 4.68. The molecule has 1 unspecified atom stereocenters. The highest BCUT2D eigenvalue weighted by Crippen LogP contribution is 2.24. The van der Waals surface area contributed by atoms with Gasteiger partial charge in [-0.3, -0.25) is 9.36 Å². The fourth-order valence-electron chi connectivity index (χ4n) is 1.96. The number of benzene rings is 1. The molecule has 0 radical (unpaired) electrons. The third-order valence-electron chi connectivity index (χ3n) is 3.18. The number of hydrogen-bond acceptors (Lipinski definition) is 3. The number of carbonyl (C=O) groups is 1. The number of aliphatic carboxylic acids is 1. The zero-order chi connectivity index (χ0) is 13.3. The molecule has 0 saturated carbocycles. The highest BCUT2D eigenvalue weighted by Gasteiger charge is 2.11. The first-order valence-corrected chi connectivity index (χ1v) is 5.80. The number of aryl methyl sites for hydroxylation is 1. The molecule has 0 saturated heterocycles. The summed E-state index contributed by atoms with van der Waals surface area (Å²) in [5.41, 5.74) is 2.27. The van der Waals surface area contributed by atoms with Gasteiger partial charge in [0, 0.05) is 13.5 Å². The smallest absolute Gasteiger partial charge is 0.419 e. The summed E-state index contributed by atoms with van der Waals surface area (Å²) < 4.78 is 6.55. The summed E-state index contributed by atoms with van der Waals surface area (Å²) >= 11 is 0. The number of oxazole rings is 1. The van der Waals surface area contributed by atoms with Gasteiger partial charge >= 0.3 is 11.7 Å². The lowest BCUT2D eigenvalue weighted by molar-refractivity contribution is -0.137. The Balaban J connectivity index is 2.29. The molecule has 1 aromatic carbocycles. The maximum absolute atomic E-state index is 11.4. The average molecular weight is 249 g/mol. The van der Waals surface area contributed by atoms with Crippen LogP contribution in [0, 0.1) is 0 Å². The fourth-order valence-corrected chi connectivity index (χ4v) is 1.96. The number of nitrogens with zero attached hydrogens (tertiary/aromatic N) is 1. The summed E-state index contributed by atoms with van der Waals surface area (Å²) in [6.07, 6.45) is 0.704. The SMILES string of the molecule is CC(CCC(=O)O)c1ccc2c(c1)oc(=O)n2C. The van der Waals surface area contributed by atoms with Gasteiger partial charge in [-0.1, -0.05) is 13.0 Å². The Morgan fingerprint density at radius 2 is 2.22 bits per heavy atom. The molecular formula is C13H15NO4. The van der Waals surface area contributed by atoms with Gasteiger partial charge in [-0.15, -0.1) is 0 Å². The van der Waals surface area contributed by atoms with E-state index in [1.807, 2.05) is 25.1 Å². The molecule has 0 bridgehead atoms. The molecule has 1 aromatic heterocycles. The molecule has 0 aliphatic carbocycles. The molecule has 2 rings (SSSR count). The van der Waals surface area contributed by atoms with Crippen molar-refractivity contribution in [3.8, 4) is 0 Å². The van der Waals surface area contributed by atoms with Gasteiger partial charge in [0.05, 0.1) is 5.52 Å². The van der Waals surface area contributed by atoms with Crippen molar-refractivity contribution < 1.29 is 14.3 Å². The van der Waals surface area contributed by atoms with E-state index in [2.05, 4.69) is 0 Å². The van der Waals surface area contributed by atoms with Gasteiger partial charge in [0.25, 0.3) is 0 Å². The van der Waals surface area contributed by atoms with E-state index in [0.717, 1.165) is 11.1 Å². The van der Waals surface area contributed by atoms with Crippen LogP contribution in [0.5, 0.6) is 0 Å². The van der Waals surface area contributed by atoms with Crippen LogP contribution in [0.1, 0.15) is 31.2 Å². The lowest BCUT2D eigenvalue weighted by Crippen LogP contribution is -2.08. The minimum absolute atomic E-state index is 0.121. The summed E-state index contributed by atoms with van der Waals surface area (Å²) in [5, 5.41) is 8.66. The second-order valence-electron chi connectivity index (χ2n) is 4.49. The average Bonchev–Trinajstić information content (AvgIpc) is 2.61.